The Morgan fingerprint density at radius 2 is 2.00 bits per heavy atom. The third kappa shape index (κ3) is 3.79. The van der Waals surface area contributed by atoms with Gasteiger partial charge in [0, 0.05) is 25.0 Å². The van der Waals surface area contributed by atoms with Crippen molar-refractivity contribution in [3.8, 4) is 0 Å². The van der Waals surface area contributed by atoms with Crippen molar-refractivity contribution in [3.05, 3.63) is 71.6 Å². The van der Waals surface area contributed by atoms with Gasteiger partial charge < -0.3 is 9.88 Å². The van der Waals surface area contributed by atoms with E-state index in [4.69, 9.17) is 0 Å². The van der Waals surface area contributed by atoms with Gasteiger partial charge in [-0.25, -0.2) is 4.98 Å². The summed E-state index contributed by atoms with van der Waals surface area (Å²) in [7, 11) is 1.97. The standard InChI is InChI=1S/C19H23N5O/c1-14-11-17(15(2)23(14)3)19(25)22-18(16-7-5-4-6-8-16)9-10-24-13-20-12-21-24/h4-8,11-13,18H,9-10H2,1-3H3,(H,22,25)/t18-/m1/s1. The molecule has 0 saturated heterocycles. The van der Waals surface area contributed by atoms with E-state index in [1.165, 1.54) is 6.33 Å². The molecule has 0 radical (unpaired) electrons. The number of amides is 1. The molecule has 6 heteroatoms. The minimum absolute atomic E-state index is 0.0476. The first-order valence-electron chi connectivity index (χ1n) is 8.37. The summed E-state index contributed by atoms with van der Waals surface area (Å²) >= 11 is 0. The number of hydrogen-bond donors (Lipinski definition) is 1. The van der Waals surface area contributed by atoms with Gasteiger partial charge in [0.15, 0.2) is 0 Å². The zero-order chi connectivity index (χ0) is 17.8. The van der Waals surface area contributed by atoms with Gasteiger partial charge in [-0.1, -0.05) is 30.3 Å². The number of aromatic nitrogens is 4. The quantitative estimate of drug-likeness (QED) is 0.752. The largest absolute Gasteiger partial charge is 0.351 e. The van der Waals surface area contributed by atoms with Crippen LogP contribution in [-0.2, 0) is 13.6 Å². The topological polar surface area (TPSA) is 64.7 Å². The summed E-state index contributed by atoms with van der Waals surface area (Å²) in [5.41, 5.74) is 3.85. The molecule has 1 amide bonds. The van der Waals surface area contributed by atoms with Crippen molar-refractivity contribution in [2.45, 2.75) is 32.9 Å². The Bertz CT molecular complexity index is 836. The summed E-state index contributed by atoms with van der Waals surface area (Å²) in [5, 5.41) is 7.32. The first kappa shape index (κ1) is 17.0. The molecule has 0 saturated carbocycles. The Kier molecular flexibility index (Phi) is 4.97. The highest BCUT2D eigenvalue weighted by Crippen LogP contribution is 2.20. The van der Waals surface area contributed by atoms with Crippen LogP contribution in [-0.4, -0.2) is 25.2 Å². The summed E-state index contributed by atoms with van der Waals surface area (Å²) in [5.74, 6) is -0.0476. The van der Waals surface area contributed by atoms with Crippen molar-refractivity contribution < 1.29 is 4.79 Å². The maximum atomic E-state index is 12.8. The minimum atomic E-state index is -0.0854. The van der Waals surface area contributed by atoms with Crippen molar-refractivity contribution >= 4 is 5.91 Å². The lowest BCUT2D eigenvalue weighted by Gasteiger charge is -2.19. The lowest BCUT2D eigenvalue weighted by Crippen LogP contribution is -2.29. The Morgan fingerprint density at radius 1 is 1.24 bits per heavy atom. The van der Waals surface area contributed by atoms with Crippen LogP contribution in [0.3, 0.4) is 0 Å². The second kappa shape index (κ2) is 7.34. The molecule has 0 bridgehead atoms. The fraction of sp³-hybridized carbons (Fsp3) is 0.316. The number of carbonyl (C=O) groups excluding carboxylic acids is 1. The van der Waals surface area contributed by atoms with Crippen molar-refractivity contribution in [2.24, 2.45) is 7.05 Å². The molecule has 130 valence electrons. The molecule has 3 aromatic rings. The van der Waals surface area contributed by atoms with Gasteiger partial charge in [0.25, 0.3) is 5.91 Å². The van der Waals surface area contributed by atoms with Gasteiger partial charge in [-0.3, -0.25) is 9.48 Å². The first-order valence-corrected chi connectivity index (χ1v) is 8.37. The van der Waals surface area contributed by atoms with Gasteiger partial charge in [-0.15, -0.1) is 0 Å². The zero-order valence-electron chi connectivity index (χ0n) is 14.8. The molecule has 1 atom stereocenters. The van der Waals surface area contributed by atoms with Gasteiger partial charge in [-0.05, 0) is 31.9 Å². The van der Waals surface area contributed by atoms with E-state index in [-0.39, 0.29) is 11.9 Å². The molecular weight excluding hydrogens is 314 g/mol. The highest BCUT2D eigenvalue weighted by molar-refractivity contribution is 5.96. The second-order valence-electron chi connectivity index (χ2n) is 6.23. The molecule has 3 rings (SSSR count). The highest BCUT2D eigenvalue weighted by atomic mass is 16.1. The highest BCUT2D eigenvalue weighted by Gasteiger charge is 2.19. The molecule has 0 spiro atoms. The maximum Gasteiger partial charge on any atom is 0.253 e. The summed E-state index contributed by atoms with van der Waals surface area (Å²) in [6.07, 6.45) is 3.95. The molecule has 0 aliphatic carbocycles. The number of hydrogen-bond acceptors (Lipinski definition) is 3. The van der Waals surface area contributed by atoms with E-state index in [0.717, 1.165) is 28.9 Å². The molecule has 0 unspecified atom stereocenters. The van der Waals surface area contributed by atoms with Gasteiger partial charge in [0.1, 0.15) is 12.7 Å². The third-order valence-electron chi connectivity index (χ3n) is 4.64. The Hall–Kier alpha value is -2.89. The van der Waals surface area contributed by atoms with Gasteiger partial charge in [0.2, 0.25) is 0 Å². The SMILES string of the molecule is Cc1cc(C(=O)N[C@H](CCn2cncn2)c2ccccc2)c(C)n1C. The predicted molar refractivity (Wildman–Crippen MR) is 96.2 cm³/mol. The van der Waals surface area contributed by atoms with Crippen LogP contribution in [0.1, 0.15) is 39.8 Å². The normalized spacial score (nSPS) is 12.1. The van der Waals surface area contributed by atoms with Gasteiger partial charge >= 0.3 is 0 Å². The van der Waals surface area contributed by atoms with Crippen molar-refractivity contribution in [1.29, 1.82) is 0 Å². The summed E-state index contributed by atoms with van der Waals surface area (Å²) in [4.78, 5) is 16.8. The summed E-state index contributed by atoms with van der Waals surface area (Å²) in [6, 6.07) is 11.9. The zero-order valence-corrected chi connectivity index (χ0v) is 14.8. The molecule has 25 heavy (non-hydrogen) atoms. The maximum absolute atomic E-state index is 12.8. The van der Waals surface area contributed by atoms with E-state index in [0.29, 0.717) is 6.54 Å². The predicted octanol–water partition coefficient (Wildman–Crippen LogP) is 2.79. The molecule has 6 nitrogen and oxygen atoms in total. The van der Waals surface area contributed by atoms with E-state index < -0.39 is 0 Å². The molecule has 1 aromatic carbocycles. The Labute approximate surface area is 147 Å². The smallest absolute Gasteiger partial charge is 0.253 e. The number of nitrogens with zero attached hydrogens (tertiary/aromatic N) is 4. The fourth-order valence-corrected chi connectivity index (χ4v) is 2.94. The summed E-state index contributed by atoms with van der Waals surface area (Å²) < 4.78 is 3.81. The molecule has 0 fully saturated rings. The average Bonchev–Trinajstić information content (AvgIpc) is 3.23. The van der Waals surface area contributed by atoms with Crippen LogP contribution in [0.2, 0.25) is 0 Å². The van der Waals surface area contributed by atoms with Crippen molar-refractivity contribution in [1.82, 2.24) is 24.6 Å². The second-order valence-corrected chi connectivity index (χ2v) is 6.23. The average molecular weight is 337 g/mol. The molecular formula is C19H23N5O. The van der Waals surface area contributed by atoms with Crippen LogP contribution in [0.15, 0.2) is 49.1 Å². The van der Waals surface area contributed by atoms with Crippen LogP contribution in [0.4, 0.5) is 0 Å². The van der Waals surface area contributed by atoms with Gasteiger partial charge in [-0.2, -0.15) is 5.10 Å². The van der Waals surface area contributed by atoms with Crippen molar-refractivity contribution in [2.75, 3.05) is 0 Å². The minimum Gasteiger partial charge on any atom is -0.351 e. The molecule has 0 aliphatic rings. The fourth-order valence-electron chi connectivity index (χ4n) is 2.94. The van der Waals surface area contributed by atoms with Crippen LogP contribution in [0.5, 0.6) is 0 Å². The molecule has 1 N–H and O–H groups in total. The first-order chi connectivity index (χ1) is 12.1. The molecule has 0 aliphatic heterocycles. The molecule has 2 heterocycles. The van der Waals surface area contributed by atoms with Crippen LogP contribution >= 0.6 is 0 Å². The number of benzene rings is 1. The van der Waals surface area contributed by atoms with E-state index in [1.807, 2.05) is 61.9 Å². The Morgan fingerprint density at radius 3 is 2.60 bits per heavy atom. The van der Waals surface area contributed by atoms with Gasteiger partial charge in [0.05, 0.1) is 11.6 Å². The number of rotatable bonds is 6. The third-order valence-corrected chi connectivity index (χ3v) is 4.64. The Balaban J connectivity index is 1.79. The molecule has 2 aromatic heterocycles. The van der Waals surface area contributed by atoms with Crippen LogP contribution in [0.25, 0.3) is 0 Å². The van der Waals surface area contributed by atoms with E-state index in [2.05, 4.69) is 15.4 Å². The lowest BCUT2D eigenvalue weighted by molar-refractivity contribution is 0.0932. The summed E-state index contributed by atoms with van der Waals surface area (Å²) in [6.45, 7) is 4.66. The number of carbonyl (C=O) groups is 1. The lowest BCUT2D eigenvalue weighted by atomic mass is 10.0. The van der Waals surface area contributed by atoms with E-state index >= 15 is 0 Å². The van der Waals surface area contributed by atoms with Crippen molar-refractivity contribution in [3.63, 3.8) is 0 Å². The van der Waals surface area contributed by atoms with E-state index in [1.54, 1.807) is 11.0 Å². The van der Waals surface area contributed by atoms with E-state index in [9.17, 15) is 4.79 Å². The monoisotopic (exact) mass is 337 g/mol. The number of aryl methyl sites for hydroxylation is 2. The number of nitrogens with one attached hydrogen (secondary N) is 1. The van der Waals surface area contributed by atoms with Crippen LogP contribution in [0, 0.1) is 13.8 Å². The van der Waals surface area contributed by atoms with Crippen LogP contribution < -0.4 is 5.32 Å².